The third kappa shape index (κ3) is 5.36. The van der Waals surface area contributed by atoms with Crippen molar-refractivity contribution in [3.8, 4) is 0 Å². The van der Waals surface area contributed by atoms with Crippen LogP contribution in [0, 0.1) is 0 Å². The fourth-order valence-corrected chi connectivity index (χ4v) is 1.99. The van der Waals surface area contributed by atoms with Gasteiger partial charge in [-0.05, 0) is 43.4 Å². The van der Waals surface area contributed by atoms with Gasteiger partial charge in [-0.2, -0.15) is 0 Å². The predicted molar refractivity (Wildman–Crippen MR) is 76.6 cm³/mol. The van der Waals surface area contributed by atoms with Crippen LogP contribution < -0.4 is 5.32 Å². The molecule has 0 aromatic heterocycles. The first kappa shape index (κ1) is 14.2. The minimum atomic E-state index is 0.575. The van der Waals surface area contributed by atoms with Crippen LogP contribution in [-0.2, 0) is 6.42 Å². The van der Waals surface area contributed by atoms with Crippen LogP contribution in [0.4, 0.5) is 0 Å². The van der Waals surface area contributed by atoms with E-state index in [2.05, 4.69) is 57.3 Å². The summed E-state index contributed by atoms with van der Waals surface area (Å²) in [5.74, 6) is 0.629. The fourth-order valence-electron chi connectivity index (χ4n) is 1.99. The molecule has 0 aliphatic rings. The number of nitrogens with one attached hydrogen (secondary N) is 1. The predicted octanol–water partition coefficient (Wildman–Crippen LogP) is 4.13. The maximum Gasteiger partial charge on any atom is 0.00791 e. The number of unbranched alkanes of at least 4 members (excludes halogenated alkanes) is 1. The van der Waals surface area contributed by atoms with Crippen LogP contribution in [0.25, 0.3) is 0 Å². The first-order valence-corrected chi connectivity index (χ1v) is 6.95. The molecule has 1 N–H and O–H groups in total. The fraction of sp³-hybridized carbons (Fsp3) is 0.625. The molecular weight excluding hydrogens is 206 g/mol. The Labute approximate surface area is 107 Å². The quantitative estimate of drug-likeness (QED) is 0.698. The molecule has 0 fully saturated rings. The molecule has 1 atom stereocenters. The molecule has 1 nitrogen and oxygen atoms in total. The first-order chi connectivity index (χ1) is 8.13. The van der Waals surface area contributed by atoms with Gasteiger partial charge in [0.05, 0.1) is 0 Å². The van der Waals surface area contributed by atoms with Gasteiger partial charge in [0, 0.05) is 6.04 Å². The van der Waals surface area contributed by atoms with E-state index in [0.29, 0.717) is 12.0 Å². The third-order valence-corrected chi connectivity index (χ3v) is 3.21. The largest absolute Gasteiger partial charge is 0.314 e. The van der Waals surface area contributed by atoms with E-state index >= 15 is 0 Å². The molecule has 0 saturated heterocycles. The lowest BCUT2D eigenvalue weighted by molar-refractivity contribution is 0.531. The van der Waals surface area contributed by atoms with Crippen LogP contribution >= 0.6 is 0 Å². The molecule has 1 heteroatoms. The molecule has 0 radical (unpaired) electrons. The Bertz CT molecular complexity index is 300. The van der Waals surface area contributed by atoms with E-state index in [0.717, 1.165) is 13.0 Å². The van der Waals surface area contributed by atoms with Crippen molar-refractivity contribution >= 4 is 0 Å². The molecule has 0 saturated carbocycles. The van der Waals surface area contributed by atoms with Gasteiger partial charge in [-0.15, -0.1) is 0 Å². The van der Waals surface area contributed by atoms with Crippen molar-refractivity contribution in [3.63, 3.8) is 0 Å². The van der Waals surface area contributed by atoms with Gasteiger partial charge in [-0.25, -0.2) is 0 Å². The van der Waals surface area contributed by atoms with E-state index < -0.39 is 0 Å². The number of hydrogen-bond donors (Lipinski definition) is 1. The monoisotopic (exact) mass is 233 g/mol. The van der Waals surface area contributed by atoms with Crippen molar-refractivity contribution < 1.29 is 0 Å². The second-order valence-corrected chi connectivity index (χ2v) is 5.31. The van der Waals surface area contributed by atoms with Crippen LogP contribution in [0.5, 0.6) is 0 Å². The second-order valence-electron chi connectivity index (χ2n) is 5.31. The molecule has 1 aromatic rings. The molecular formula is C16H27N. The Morgan fingerprint density at radius 1 is 1.06 bits per heavy atom. The Kier molecular flexibility index (Phi) is 6.28. The summed E-state index contributed by atoms with van der Waals surface area (Å²) >= 11 is 0. The summed E-state index contributed by atoms with van der Waals surface area (Å²) in [4.78, 5) is 0. The third-order valence-electron chi connectivity index (χ3n) is 3.21. The van der Waals surface area contributed by atoms with Crippen molar-refractivity contribution in [2.75, 3.05) is 6.54 Å². The van der Waals surface area contributed by atoms with Gasteiger partial charge in [0.1, 0.15) is 0 Å². The molecule has 0 heterocycles. The summed E-state index contributed by atoms with van der Waals surface area (Å²) < 4.78 is 0. The van der Waals surface area contributed by atoms with Crippen molar-refractivity contribution in [1.29, 1.82) is 0 Å². The maximum atomic E-state index is 3.57. The lowest BCUT2D eigenvalue weighted by atomic mass is 9.99. The van der Waals surface area contributed by atoms with Gasteiger partial charge in [0.2, 0.25) is 0 Å². The SMILES string of the molecule is CCCCNC(C)Cc1ccc(C(C)C)cc1. The smallest absolute Gasteiger partial charge is 0.00791 e. The second kappa shape index (κ2) is 7.50. The number of benzene rings is 1. The highest BCUT2D eigenvalue weighted by atomic mass is 14.9. The van der Waals surface area contributed by atoms with E-state index in [1.54, 1.807) is 0 Å². The van der Waals surface area contributed by atoms with Gasteiger partial charge in [0.25, 0.3) is 0 Å². The van der Waals surface area contributed by atoms with Gasteiger partial charge >= 0.3 is 0 Å². The first-order valence-electron chi connectivity index (χ1n) is 6.95. The van der Waals surface area contributed by atoms with Crippen LogP contribution in [0.3, 0.4) is 0 Å². The summed E-state index contributed by atoms with van der Waals surface area (Å²) in [6.07, 6.45) is 3.67. The highest BCUT2D eigenvalue weighted by molar-refractivity contribution is 5.25. The zero-order chi connectivity index (χ0) is 12.7. The van der Waals surface area contributed by atoms with Crippen molar-refractivity contribution in [3.05, 3.63) is 35.4 Å². The van der Waals surface area contributed by atoms with Gasteiger partial charge in [0.15, 0.2) is 0 Å². The summed E-state index contributed by atoms with van der Waals surface area (Å²) in [5.41, 5.74) is 2.87. The summed E-state index contributed by atoms with van der Waals surface area (Å²) in [6, 6.07) is 9.64. The Morgan fingerprint density at radius 2 is 1.71 bits per heavy atom. The lowest BCUT2D eigenvalue weighted by Crippen LogP contribution is -2.28. The summed E-state index contributed by atoms with van der Waals surface area (Å²) in [5, 5.41) is 3.57. The Morgan fingerprint density at radius 3 is 2.24 bits per heavy atom. The maximum absolute atomic E-state index is 3.57. The van der Waals surface area contributed by atoms with Crippen molar-refractivity contribution in [2.45, 2.75) is 58.9 Å². The summed E-state index contributed by atoms with van der Waals surface area (Å²) in [6.45, 7) is 10.1. The molecule has 1 unspecified atom stereocenters. The molecule has 1 aromatic carbocycles. The molecule has 0 aliphatic heterocycles. The summed E-state index contributed by atoms with van der Waals surface area (Å²) in [7, 11) is 0. The van der Waals surface area contributed by atoms with Crippen molar-refractivity contribution in [1.82, 2.24) is 5.32 Å². The van der Waals surface area contributed by atoms with Gasteiger partial charge < -0.3 is 5.32 Å². The number of hydrogen-bond acceptors (Lipinski definition) is 1. The molecule has 0 spiro atoms. The lowest BCUT2D eigenvalue weighted by Gasteiger charge is -2.14. The zero-order valence-corrected chi connectivity index (χ0v) is 11.8. The number of rotatable bonds is 7. The van der Waals surface area contributed by atoms with Crippen LogP contribution in [0.2, 0.25) is 0 Å². The molecule has 96 valence electrons. The van der Waals surface area contributed by atoms with E-state index in [9.17, 15) is 0 Å². The molecule has 0 aliphatic carbocycles. The average Bonchev–Trinajstić information content (AvgIpc) is 2.30. The Balaban J connectivity index is 2.40. The van der Waals surface area contributed by atoms with Crippen LogP contribution in [-0.4, -0.2) is 12.6 Å². The molecule has 1 rings (SSSR count). The van der Waals surface area contributed by atoms with Gasteiger partial charge in [-0.3, -0.25) is 0 Å². The normalized spacial score (nSPS) is 13.0. The highest BCUT2D eigenvalue weighted by Crippen LogP contribution is 2.15. The van der Waals surface area contributed by atoms with E-state index in [-0.39, 0.29) is 0 Å². The minimum Gasteiger partial charge on any atom is -0.314 e. The molecule has 17 heavy (non-hydrogen) atoms. The molecule has 0 amide bonds. The van der Waals surface area contributed by atoms with Crippen LogP contribution in [0.1, 0.15) is 57.6 Å². The minimum absolute atomic E-state index is 0.575. The average molecular weight is 233 g/mol. The Hall–Kier alpha value is -0.820. The van der Waals surface area contributed by atoms with Crippen molar-refractivity contribution in [2.24, 2.45) is 0 Å². The van der Waals surface area contributed by atoms with Crippen LogP contribution in [0.15, 0.2) is 24.3 Å². The van der Waals surface area contributed by atoms with E-state index in [1.807, 2.05) is 0 Å². The topological polar surface area (TPSA) is 12.0 Å². The van der Waals surface area contributed by atoms with E-state index in [4.69, 9.17) is 0 Å². The van der Waals surface area contributed by atoms with Gasteiger partial charge in [-0.1, -0.05) is 51.5 Å². The molecule has 0 bridgehead atoms. The zero-order valence-electron chi connectivity index (χ0n) is 11.8. The van der Waals surface area contributed by atoms with E-state index in [1.165, 1.54) is 24.0 Å². The standard InChI is InChI=1S/C16H27N/c1-5-6-11-17-14(4)12-15-7-9-16(10-8-15)13(2)3/h7-10,13-14,17H,5-6,11-12H2,1-4H3. The highest BCUT2D eigenvalue weighted by Gasteiger charge is 2.03.